The summed E-state index contributed by atoms with van der Waals surface area (Å²) in [6, 6.07) is 3.99. The van der Waals surface area contributed by atoms with E-state index in [9.17, 15) is 38.7 Å². The van der Waals surface area contributed by atoms with Crippen LogP contribution in [0.15, 0.2) is 30.3 Å². The van der Waals surface area contributed by atoms with Crippen LogP contribution in [0.2, 0.25) is 0 Å². The van der Waals surface area contributed by atoms with E-state index in [1.54, 1.807) is 0 Å². The molecule has 0 saturated heterocycles. The summed E-state index contributed by atoms with van der Waals surface area (Å²) in [7, 11) is 0. The SMILES string of the molecule is Oc1cc(CNC(=S)/C=C/c2cc(O)c(O)c(C(F)(F)F)c2)cc(O)c1O. The molecule has 0 aliphatic rings. The van der Waals surface area contributed by atoms with Crippen molar-refractivity contribution in [2.24, 2.45) is 0 Å². The standard InChI is InChI=1S/C17H14F3NO5S/c18-17(19,20)10-3-8(4-11(22)15(10)25)1-2-14(27)21-7-9-5-12(23)16(26)13(24)6-9/h1-6,22-26H,7H2,(H,21,27)/b2-1+. The van der Waals surface area contributed by atoms with Crippen molar-refractivity contribution in [1.29, 1.82) is 0 Å². The highest BCUT2D eigenvalue weighted by atomic mass is 32.1. The van der Waals surface area contributed by atoms with Crippen LogP contribution in [0.25, 0.3) is 6.08 Å². The quantitative estimate of drug-likeness (QED) is 0.265. The predicted molar refractivity (Wildman–Crippen MR) is 94.7 cm³/mol. The number of phenolic OH excluding ortho intramolecular Hbond substituents is 5. The molecule has 2 aromatic carbocycles. The molecule has 144 valence electrons. The minimum atomic E-state index is -4.84. The van der Waals surface area contributed by atoms with Crippen LogP contribution >= 0.6 is 12.2 Å². The van der Waals surface area contributed by atoms with Gasteiger partial charge in [0.2, 0.25) is 0 Å². The summed E-state index contributed by atoms with van der Waals surface area (Å²) in [5.41, 5.74) is -1.03. The van der Waals surface area contributed by atoms with Gasteiger partial charge in [-0.1, -0.05) is 18.3 Å². The lowest BCUT2D eigenvalue weighted by atomic mass is 10.1. The van der Waals surface area contributed by atoms with Crippen molar-refractivity contribution < 1.29 is 38.7 Å². The summed E-state index contributed by atoms with van der Waals surface area (Å²) in [5, 5.41) is 49.6. The summed E-state index contributed by atoms with van der Waals surface area (Å²) < 4.78 is 38.5. The summed E-state index contributed by atoms with van der Waals surface area (Å²) in [6.07, 6.45) is -2.37. The zero-order valence-corrected chi connectivity index (χ0v) is 14.3. The Morgan fingerprint density at radius 1 is 0.926 bits per heavy atom. The average Bonchev–Trinajstić information content (AvgIpc) is 2.57. The minimum Gasteiger partial charge on any atom is -0.504 e. The van der Waals surface area contributed by atoms with Gasteiger partial charge in [-0.3, -0.25) is 0 Å². The highest BCUT2D eigenvalue weighted by molar-refractivity contribution is 7.80. The fraction of sp³-hybridized carbons (Fsp3) is 0.118. The van der Waals surface area contributed by atoms with E-state index < -0.39 is 40.5 Å². The number of halogens is 3. The van der Waals surface area contributed by atoms with Gasteiger partial charge in [-0.25, -0.2) is 0 Å². The van der Waals surface area contributed by atoms with Crippen LogP contribution in [0.1, 0.15) is 16.7 Å². The number of aromatic hydroxyl groups is 5. The van der Waals surface area contributed by atoms with Crippen molar-refractivity contribution in [1.82, 2.24) is 5.32 Å². The molecule has 0 saturated carbocycles. The second-order valence-electron chi connectivity index (χ2n) is 5.47. The van der Waals surface area contributed by atoms with Crippen molar-refractivity contribution in [3.63, 3.8) is 0 Å². The second-order valence-corrected chi connectivity index (χ2v) is 5.91. The zero-order chi connectivity index (χ0) is 20.4. The van der Waals surface area contributed by atoms with Crippen LogP contribution in [0, 0.1) is 0 Å². The molecular formula is C17H14F3NO5S. The van der Waals surface area contributed by atoms with Crippen molar-refractivity contribution in [2.45, 2.75) is 12.7 Å². The molecule has 0 heterocycles. The molecule has 27 heavy (non-hydrogen) atoms. The minimum absolute atomic E-state index is 0.0401. The Balaban J connectivity index is 2.10. The number of benzene rings is 2. The van der Waals surface area contributed by atoms with Crippen LogP contribution < -0.4 is 5.32 Å². The summed E-state index contributed by atoms with van der Waals surface area (Å²) in [5.74, 6) is -3.88. The summed E-state index contributed by atoms with van der Waals surface area (Å²) in [4.78, 5) is 0.114. The largest absolute Gasteiger partial charge is 0.504 e. The number of nitrogens with one attached hydrogen (secondary N) is 1. The lowest BCUT2D eigenvalue weighted by Crippen LogP contribution is -2.18. The van der Waals surface area contributed by atoms with E-state index in [1.165, 1.54) is 24.3 Å². The number of alkyl halides is 3. The van der Waals surface area contributed by atoms with Gasteiger partial charge in [-0.05, 0) is 41.5 Å². The maximum atomic E-state index is 12.8. The number of phenols is 5. The Morgan fingerprint density at radius 3 is 2.04 bits per heavy atom. The number of hydrogen-bond acceptors (Lipinski definition) is 6. The Kier molecular flexibility index (Phi) is 5.69. The molecule has 0 atom stereocenters. The van der Waals surface area contributed by atoms with Gasteiger partial charge in [0, 0.05) is 6.54 Å². The van der Waals surface area contributed by atoms with Crippen molar-refractivity contribution >= 4 is 23.3 Å². The summed E-state index contributed by atoms with van der Waals surface area (Å²) >= 11 is 5.00. The highest BCUT2D eigenvalue weighted by Crippen LogP contribution is 2.41. The molecule has 0 bridgehead atoms. The molecule has 2 rings (SSSR count). The van der Waals surface area contributed by atoms with Gasteiger partial charge in [0.05, 0.1) is 4.99 Å². The first kappa shape index (κ1) is 20.2. The predicted octanol–water partition coefficient (Wildman–Crippen LogP) is 3.36. The maximum absolute atomic E-state index is 12.8. The Morgan fingerprint density at radius 2 is 1.48 bits per heavy atom. The van der Waals surface area contributed by atoms with Crippen molar-refractivity contribution in [3.05, 3.63) is 47.0 Å². The molecule has 0 aliphatic heterocycles. The zero-order valence-electron chi connectivity index (χ0n) is 13.4. The molecule has 0 radical (unpaired) electrons. The van der Waals surface area contributed by atoms with E-state index in [4.69, 9.17) is 12.2 Å². The van der Waals surface area contributed by atoms with Crippen LogP contribution in [0.3, 0.4) is 0 Å². The fourth-order valence-electron chi connectivity index (χ4n) is 2.14. The van der Waals surface area contributed by atoms with E-state index in [0.717, 1.165) is 6.07 Å². The topological polar surface area (TPSA) is 113 Å². The molecular weight excluding hydrogens is 387 g/mol. The van der Waals surface area contributed by atoms with E-state index in [-0.39, 0.29) is 17.1 Å². The lowest BCUT2D eigenvalue weighted by molar-refractivity contribution is -0.138. The van der Waals surface area contributed by atoms with Gasteiger partial charge in [-0.2, -0.15) is 13.2 Å². The second kappa shape index (κ2) is 7.62. The average molecular weight is 401 g/mol. The van der Waals surface area contributed by atoms with Gasteiger partial charge in [0.1, 0.15) is 5.56 Å². The molecule has 6 N–H and O–H groups in total. The Labute approximate surface area is 156 Å². The van der Waals surface area contributed by atoms with Crippen molar-refractivity contribution in [2.75, 3.05) is 0 Å². The van der Waals surface area contributed by atoms with Gasteiger partial charge in [-0.15, -0.1) is 0 Å². The van der Waals surface area contributed by atoms with Gasteiger partial charge in [0.25, 0.3) is 0 Å². The third-order valence-corrected chi connectivity index (χ3v) is 3.72. The van der Waals surface area contributed by atoms with Crippen molar-refractivity contribution in [3.8, 4) is 28.7 Å². The molecule has 0 unspecified atom stereocenters. The normalized spacial score (nSPS) is 11.7. The van der Waals surface area contributed by atoms with Crippen LogP contribution in [-0.4, -0.2) is 30.5 Å². The van der Waals surface area contributed by atoms with E-state index >= 15 is 0 Å². The van der Waals surface area contributed by atoms with Gasteiger partial charge in [0.15, 0.2) is 28.7 Å². The Bertz CT molecular complexity index is 889. The van der Waals surface area contributed by atoms with E-state index in [0.29, 0.717) is 11.6 Å². The molecule has 0 aliphatic carbocycles. The number of rotatable bonds is 4. The summed E-state index contributed by atoms with van der Waals surface area (Å²) in [6.45, 7) is 0.0548. The van der Waals surface area contributed by atoms with Crippen LogP contribution in [0.4, 0.5) is 13.2 Å². The highest BCUT2D eigenvalue weighted by Gasteiger charge is 2.35. The Hall–Kier alpha value is -3.14. The molecule has 0 amide bonds. The smallest absolute Gasteiger partial charge is 0.420 e. The fourth-order valence-corrected chi connectivity index (χ4v) is 2.28. The molecule has 0 aromatic heterocycles. The van der Waals surface area contributed by atoms with E-state index in [2.05, 4.69) is 5.32 Å². The maximum Gasteiger partial charge on any atom is 0.420 e. The number of thiocarbonyl (C=S) groups is 1. The third-order valence-electron chi connectivity index (χ3n) is 3.44. The van der Waals surface area contributed by atoms with Crippen LogP contribution in [-0.2, 0) is 12.7 Å². The van der Waals surface area contributed by atoms with E-state index in [1.807, 2.05) is 0 Å². The number of hydrogen-bond donors (Lipinski definition) is 6. The lowest BCUT2D eigenvalue weighted by Gasteiger charge is -2.11. The first-order chi connectivity index (χ1) is 12.5. The molecule has 0 spiro atoms. The third kappa shape index (κ3) is 4.94. The molecule has 10 heteroatoms. The first-order valence-electron chi connectivity index (χ1n) is 7.32. The van der Waals surface area contributed by atoms with Gasteiger partial charge >= 0.3 is 6.18 Å². The molecule has 0 fully saturated rings. The van der Waals surface area contributed by atoms with Gasteiger partial charge < -0.3 is 30.8 Å². The van der Waals surface area contributed by atoms with Crippen LogP contribution in [0.5, 0.6) is 28.7 Å². The molecule has 2 aromatic rings. The monoisotopic (exact) mass is 401 g/mol. The molecule has 6 nitrogen and oxygen atoms in total. The first-order valence-corrected chi connectivity index (χ1v) is 7.72.